The van der Waals surface area contributed by atoms with Gasteiger partial charge in [0.1, 0.15) is 0 Å². The zero-order valence-electron chi connectivity index (χ0n) is 14.9. The lowest BCUT2D eigenvalue weighted by molar-refractivity contribution is 0.206. The van der Waals surface area contributed by atoms with Gasteiger partial charge in [-0.2, -0.15) is 4.98 Å². The second-order valence-electron chi connectivity index (χ2n) is 5.82. The number of nitrogens with one attached hydrogen (secondary N) is 2. The number of urea groups is 1. The van der Waals surface area contributed by atoms with Gasteiger partial charge in [0.25, 0.3) is 0 Å². The summed E-state index contributed by atoms with van der Waals surface area (Å²) in [4.78, 5) is 18.0. The molecule has 1 unspecified atom stereocenters. The Hall–Kier alpha value is -2.12. The molecule has 7 nitrogen and oxygen atoms in total. The molecule has 0 aliphatic rings. The molecule has 0 bridgehead atoms. The SMILES string of the molecule is CNC(C)Cc1noc(CCNC(=O)N(C)Cc2ccccc2)n1.Cl. The van der Waals surface area contributed by atoms with E-state index >= 15 is 0 Å². The second kappa shape index (κ2) is 10.7. The van der Waals surface area contributed by atoms with Crippen molar-refractivity contribution in [3.8, 4) is 0 Å². The van der Waals surface area contributed by atoms with Crippen LogP contribution in [0.25, 0.3) is 0 Å². The molecule has 25 heavy (non-hydrogen) atoms. The van der Waals surface area contributed by atoms with Crippen LogP contribution in [0.3, 0.4) is 0 Å². The van der Waals surface area contributed by atoms with Gasteiger partial charge >= 0.3 is 6.03 Å². The van der Waals surface area contributed by atoms with E-state index in [0.717, 1.165) is 5.56 Å². The lowest BCUT2D eigenvalue weighted by Gasteiger charge is -2.17. The standard InChI is InChI=1S/C17H25N5O2.ClH/c1-13(18-2)11-15-20-16(24-21-15)9-10-19-17(23)22(3)12-14-7-5-4-6-8-14;/h4-8,13,18H,9-12H2,1-3H3,(H,19,23);1H. The average molecular weight is 368 g/mol. The van der Waals surface area contributed by atoms with E-state index in [9.17, 15) is 4.79 Å². The number of halogens is 1. The molecule has 0 aliphatic heterocycles. The van der Waals surface area contributed by atoms with Gasteiger partial charge in [0, 0.05) is 39.0 Å². The van der Waals surface area contributed by atoms with E-state index in [2.05, 4.69) is 27.7 Å². The summed E-state index contributed by atoms with van der Waals surface area (Å²) in [7, 11) is 3.67. The summed E-state index contributed by atoms with van der Waals surface area (Å²) in [5.74, 6) is 1.22. The highest BCUT2D eigenvalue weighted by Crippen LogP contribution is 2.03. The maximum atomic E-state index is 12.1. The number of rotatable bonds is 8. The Balaban J connectivity index is 0.00000312. The number of carbonyl (C=O) groups is 1. The molecule has 2 N–H and O–H groups in total. The molecule has 0 radical (unpaired) electrons. The molecule has 1 atom stereocenters. The number of aromatic nitrogens is 2. The molecule has 2 amide bonds. The van der Waals surface area contributed by atoms with Gasteiger partial charge in [-0.05, 0) is 19.5 Å². The molecule has 8 heteroatoms. The van der Waals surface area contributed by atoms with Crippen molar-refractivity contribution in [1.82, 2.24) is 25.7 Å². The van der Waals surface area contributed by atoms with Crippen molar-refractivity contribution in [2.24, 2.45) is 0 Å². The van der Waals surface area contributed by atoms with Gasteiger partial charge in [-0.15, -0.1) is 12.4 Å². The summed E-state index contributed by atoms with van der Waals surface area (Å²) < 4.78 is 5.19. The Bertz CT molecular complexity index is 635. The maximum Gasteiger partial charge on any atom is 0.317 e. The molecule has 138 valence electrons. The second-order valence-corrected chi connectivity index (χ2v) is 5.82. The summed E-state index contributed by atoms with van der Waals surface area (Å²) in [6.45, 7) is 3.08. The Morgan fingerprint density at radius 2 is 2.04 bits per heavy atom. The number of likely N-dealkylation sites (N-methyl/N-ethyl adjacent to an activating group) is 1. The van der Waals surface area contributed by atoms with Crippen LogP contribution >= 0.6 is 12.4 Å². The quantitative estimate of drug-likeness (QED) is 0.745. The van der Waals surface area contributed by atoms with Crippen LogP contribution in [0.4, 0.5) is 4.79 Å². The van der Waals surface area contributed by atoms with Crippen molar-refractivity contribution in [1.29, 1.82) is 0 Å². The molecule has 1 aromatic carbocycles. The van der Waals surface area contributed by atoms with Gasteiger partial charge in [0.15, 0.2) is 5.82 Å². The van der Waals surface area contributed by atoms with Gasteiger partial charge < -0.3 is 20.1 Å². The van der Waals surface area contributed by atoms with Gasteiger partial charge in [0.05, 0.1) is 0 Å². The van der Waals surface area contributed by atoms with Gasteiger partial charge in [-0.3, -0.25) is 0 Å². The van der Waals surface area contributed by atoms with E-state index in [4.69, 9.17) is 4.52 Å². The topological polar surface area (TPSA) is 83.3 Å². The number of hydrogen-bond donors (Lipinski definition) is 2. The molecule has 0 fully saturated rings. The summed E-state index contributed by atoms with van der Waals surface area (Å²) in [5.41, 5.74) is 1.09. The maximum absolute atomic E-state index is 12.1. The number of carbonyl (C=O) groups excluding carboxylic acids is 1. The van der Waals surface area contributed by atoms with Crippen LogP contribution in [0.5, 0.6) is 0 Å². The third-order valence-electron chi connectivity index (χ3n) is 3.72. The van der Waals surface area contributed by atoms with E-state index in [1.165, 1.54) is 0 Å². The molecular formula is C17H26ClN5O2. The van der Waals surface area contributed by atoms with E-state index in [1.807, 2.05) is 37.4 Å². The van der Waals surface area contributed by atoms with Gasteiger partial charge in [0.2, 0.25) is 5.89 Å². The minimum atomic E-state index is -0.123. The number of benzene rings is 1. The summed E-state index contributed by atoms with van der Waals surface area (Å²) in [5, 5.41) is 9.93. The molecule has 0 saturated carbocycles. The van der Waals surface area contributed by atoms with Crippen molar-refractivity contribution >= 4 is 18.4 Å². The molecule has 1 aromatic heterocycles. The fourth-order valence-electron chi connectivity index (χ4n) is 2.19. The monoisotopic (exact) mass is 367 g/mol. The number of amides is 2. The summed E-state index contributed by atoms with van der Waals surface area (Å²) in [6, 6.07) is 10.0. The molecule has 0 aliphatic carbocycles. The van der Waals surface area contributed by atoms with Crippen LogP contribution in [0.2, 0.25) is 0 Å². The van der Waals surface area contributed by atoms with Crippen LogP contribution in [0.1, 0.15) is 24.2 Å². The lowest BCUT2D eigenvalue weighted by Crippen LogP contribution is -2.37. The van der Waals surface area contributed by atoms with Crippen molar-refractivity contribution in [3.05, 3.63) is 47.6 Å². The minimum Gasteiger partial charge on any atom is -0.339 e. The predicted octanol–water partition coefficient (Wildman–Crippen LogP) is 2.03. The zero-order valence-corrected chi connectivity index (χ0v) is 15.7. The van der Waals surface area contributed by atoms with E-state index in [-0.39, 0.29) is 18.4 Å². The molecule has 2 rings (SSSR count). The summed E-state index contributed by atoms with van der Waals surface area (Å²) >= 11 is 0. The predicted molar refractivity (Wildman–Crippen MR) is 98.8 cm³/mol. The average Bonchev–Trinajstić information content (AvgIpc) is 3.02. The van der Waals surface area contributed by atoms with Gasteiger partial charge in [-0.25, -0.2) is 4.79 Å². The van der Waals surface area contributed by atoms with Crippen LogP contribution in [-0.4, -0.2) is 47.8 Å². The van der Waals surface area contributed by atoms with Crippen LogP contribution in [-0.2, 0) is 19.4 Å². The van der Waals surface area contributed by atoms with Gasteiger partial charge in [-0.1, -0.05) is 35.5 Å². The molecule has 2 aromatic rings. The highest BCUT2D eigenvalue weighted by molar-refractivity contribution is 5.85. The van der Waals surface area contributed by atoms with E-state index in [1.54, 1.807) is 11.9 Å². The third-order valence-corrected chi connectivity index (χ3v) is 3.72. The molecule has 1 heterocycles. The van der Waals surface area contributed by atoms with Crippen molar-refractivity contribution in [3.63, 3.8) is 0 Å². The minimum absolute atomic E-state index is 0. The largest absolute Gasteiger partial charge is 0.339 e. The molecule has 0 spiro atoms. The van der Waals surface area contributed by atoms with Crippen LogP contribution in [0, 0.1) is 0 Å². The fraction of sp³-hybridized carbons (Fsp3) is 0.471. The van der Waals surface area contributed by atoms with Crippen molar-refractivity contribution in [2.75, 3.05) is 20.6 Å². The molecule has 0 saturated heterocycles. The molecular weight excluding hydrogens is 342 g/mol. The van der Waals surface area contributed by atoms with Crippen molar-refractivity contribution in [2.45, 2.75) is 32.4 Å². The van der Waals surface area contributed by atoms with Crippen LogP contribution in [0.15, 0.2) is 34.9 Å². The Morgan fingerprint density at radius 1 is 1.32 bits per heavy atom. The first-order valence-electron chi connectivity index (χ1n) is 8.10. The Kier molecular flexibility index (Phi) is 8.94. The highest BCUT2D eigenvalue weighted by atomic mass is 35.5. The Morgan fingerprint density at radius 3 is 2.72 bits per heavy atom. The fourth-order valence-corrected chi connectivity index (χ4v) is 2.19. The summed E-state index contributed by atoms with van der Waals surface area (Å²) in [6.07, 6.45) is 1.23. The lowest BCUT2D eigenvalue weighted by atomic mass is 10.2. The third kappa shape index (κ3) is 7.11. The van der Waals surface area contributed by atoms with E-state index < -0.39 is 0 Å². The smallest absolute Gasteiger partial charge is 0.317 e. The first-order valence-corrected chi connectivity index (χ1v) is 8.10. The van der Waals surface area contributed by atoms with E-state index in [0.29, 0.717) is 43.7 Å². The highest BCUT2D eigenvalue weighted by Gasteiger charge is 2.11. The van der Waals surface area contributed by atoms with Crippen molar-refractivity contribution < 1.29 is 9.32 Å². The normalized spacial score (nSPS) is 11.5. The first-order chi connectivity index (χ1) is 11.6. The number of hydrogen-bond acceptors (Lipinski definition) is 5. The Labute approximate surface area is 154 Å². The van der Waals surface area contributed by atoms with Crippen LogP contribution < -0.4 is 10.6 Å². The first kappa shape index (κ1) is 20.9. The zero-order chi connectivity index (χ0) is 17.4. The number of nitrogens with zero attached hydrogens (tertiary/aromatic N) is 3.